The van der Waals surface area contributed by atoms with Crippen LogP contribution in [0.15, 0.2) is 91.0 Å². The van der Waals surface area contributed by atoms with Gasteiger partial charge in [0.05, 0.1) is 0 Å². The molecule has 0 spiro atoms. The highest BCUT2D eigenvalue weighted by atomic mass is 14.4. The Morgan fingerprint density at radius 3 is 1.74 bits per heavy atom. The van der Waals surface area contributed by atoms with Crippen molar-refractivity contribution >= 4 is 32.3 Å². The minimum absolute atomic E-state index is 0.242. The maximum absolute atomic E-state index is 2.56. The largest absolute Gasteiger partial charge is 0.0654 e. The van der Waals surface area contributed by atoms with E-state index >= 15 is 0 Å². The zero-order chi connectivity index (χ0) is 26.8. The summed E-state index contributed by atoms with van der Waals surface area (Å²) in [6.45, 7) is 12.1. The van der Waals surface area contributed by atoms with Crippen molar-refractivity contribution in [3.05, 3.63) is 108 Å². The van der Waals surface area contributed by atoms with Gasteiger partial charge in [-0.15, -0.1) is 0 Å². The smallest absolute Gasteiger partial charge is 0.00941 e. The third kappa shape index (κ3) is 5.24. The number of aryl methyl sites for hydroxylation is 1. The quantitative estimate of drug-likeness (QED) is 0.166. The first-order valence-electron chi connectivity index (χ1n) is 14.7. The molecule has 1 aliphatic rings. The summed E-state index contributed by atoms with van der Waals surface area (Å²) in [7, 11) is 0. The zero-order valence-electron chi connectivity index (χ0n) is 24.1. The van der Waals surface area contributed by atoms with Crippen LogP contribution in [0, 0.1) is 0 Å². The lowest BCUT2D eigenvalue weighted by molar-refractivity contribution is 0.334. The monoisotopic (exact) mass is 500 g/mol. The van der Waals surface area contributed by atoms with Crippen molar-refractivity contribution < 1.29 is 0 Å². The molecule has 0 fully saturated rings. The van der Waals surface area contributed by atoms with Gasteiger partial charge in [0.1, 0.15) is 0 Å². The summed E-state index contributed by atoms with van der Waals surface area (Å²) in [6.07, 6.45) is 9.03. The standard InChI is InChI=1S/C28H36.C10H8/c1-6-7-8-9-12-20-19-24-23(22-14-11-10-13-21(20)22)15-16-25-26(24)28(4,5)18-17-27(25,2)3;1-2-6-10-8-4-3-7-9(10)5-1/h10-11,13-16,19H,6-9,12,17-18H2,1-5H3;1-8H. The Kier molecular flexibility index (Phi) is 7.62. The van der Waals surface area contributed by atoms with Gasteiger partial charge in [-0.2, -0.15) is 0 Å². The second kappa shape index (κ2) is 10.9. The number of hydrogen-bond acceptors (Lipinski definition) is 0. The molecular weight excluding hydrogens is 456 g/mol. The lowest BCUT2D eigenvalue weighted by Gasteiger charge is -2.42. The summed E-state index contributed by atoms with van der Waals surface area (Å²) < 4.78 is 0. The van der Waals surface area contributed by atoms with Gasteiger partial charge in [-0.05, 0) is 85.5 Å². The summed E-state index contributed by atoms with van der Waals surface area (Å²) in [5, 5.41) is 8.47. The first-order chi connectivity index (χ1) is 18.3. The second-order valence-corrected chi connectivity index (χ2v) is 12.6. The van der Waals surface area contributed by atoms with Gasteiger partial charge in [0.2, 0.25) is 0 Å². The molecule has 0 atom stereocenters. The van der Waals surface area contributed by atoms with Gasteiger partial charge < -0.3 is 0 Å². The average molecular weight is 501 g/mol. The van der Waals surface area contributed by atoms with Crippen molar-refractivity contribution in [3.63, 3.8) is 0 Å². The molecule has 0 heteroatoms. The van der Waals surface area contributed by atoms with Crippen LogP contribution in [-0.4, -0.2) is 0 Å². The zero-order valence-corrected chi connectivity index (χ0v) is 24.1. The van der Waals surface area contributed by atoms with Crippen LogP contribution in [0.4, 0.5) is 0 Å². The predicted molar refractivity (Wildman–Crippen MR) is 169 cm³/mol. The van der Waals surface area contributed by atoms with E-state index in [9.17, 15) is 0 Å². The minimum atomic E-state index is 0.242. The summed E-state index contributed by atoms with van der Waals surface area (Å²) >= 11 is 0. The van der Waals surface area contributed by atoms with Gasteiger partial charge in [0.15, 0.2) is 0 Å². The molecule has 0 aliphatic heterocycles. The molecule has 0 saturated carbocycles. The number of fused-ring (bicyclic) bond motifs is 6. The number of benzene rings is 5. The van der Waals surface area contributed by atoms with E-state index in [1.165, 1.54) is 77.3 Å². The minimum Gasteiger partial charge on any atom is -0.0654 e. The predicted octanol–water partition coefficient (Wildman–Crippen LogP) is 11.3. The van der Waals surface area contributed by atoms with Crippen molar-refractivity contribution in [1.82, 2.24) is 0 Å². The Morgan fingerprint density at radius 2 is 1.11 bits per heavy atom. The molecule has 0 amide bonds. The highest BCUT2D eigenvalue weighted by Gasteiger charge is 2.38. The molecule has 0 aromatic heterocycles. The van der Waals surface area contributed by atoms with Gasteiger partial charge in [0, 0.05) is 0 Å². The number of rotatable bonds is 5. The van der Waals surface area contributed by atoms with E-state index < -0.39 is 0 Å². The molecule has 38 heavy (non-hydrogen) atoms. The van der Waals surface area contributed by atoms with Crippen molar-refractivity contribution in [2.45, 2.75) is 90.4 Å². The fraction of sp³-hybridized carbons (Fsp3) is 0.368. The second-order valence-electron chi connectivity index (χ2n) is 12.6. The van der Waals surface area contributed by atoms with Crippen LogP contribution in [0.3, 0.4) is 0 Å². The van der Waals surface area contributed by atoms with Gasteiger partial charge in [-0.25, -0.2) is 0 Å². The van der Waals surface area contributed by atoms with Crippen LogP contribution < -0.4 is 0 Å². The van der Waals surface area contributed by atoms with E-state index in [0.29, 0.717) is 0 Å². The highest BCUT2D eigenvalue weighted by molar-refractivity contribution is 6.10. The fourth-order valence-electron chi connectivity index (χ4n) is 6.51. The molecule has 6 rings (SSSR count). The summed E-state index contributed by atoms with van der Waals surface area (Å²) in [5.41, 5.74) is 5.25. The first-order valence-corrected chi connectivity index (χ1v) is 14.7. The molecular formula is C38H44. The Balaban J connectivity index is 0.000000244. The van der Waals surface area contributed by atoms with Gasteiger partial charge >= 0.3 is 0 Å². The SMILES string of the molecule is CCCCCCc1cc2c3c(ccc2c2ccccc12)C(C)(C)CCC3(C)C.c1ccc2ccccc2c1. The highest BCUT2D eigenvalue weighted by Crippen LogP contribution is 2.49. The van der Waals surface area contributed by atoms with Gasteiger partial charge in [0.25, 0.3) is 0 Å². The molecule has 0 N–H and O–H groups in total. The molecule has 1 aliphatic carbocycles. The van der Waals surface area contributed by atoms with Crippen molar-refractivity contribution in [2.24, 2.45) is 0 Å². The third-order valence-electron chi connectivity index (χ3n) is 8.87. The van der Waals surface area contributed by atoms with E-state index in [1.807, 2.05) is 0 Å². The maximum Gasteiger partial charge on any atom is -0.00941 e. The van der Waals surface area contributed by atoms with Gasteiger partial charge in [-0.3, -0.25) is 0 Å². The molecule has 196 valence electrons. The molecule has 0 saturated heterocycles. The van der Waals surface area contributed by atoms with Crippen LogP contribution in [-0.2, 0) is 17.3 Å². The molecule has 0 radical (unpaired) electrons. The molecule has 5 aromatic carbocycles. The van der Waals surface area contributed by atoms with Crippen LogP contribution >= 0.6 is 0 Å². The normalized spacial score (nSPS) is 15.7. The van der Waals surface area contributed by atoms with E-state index in [-0.39, 0.29) is 10.8 Å². The maximum atomic E-state index is 2.56. The molecule has 5 aromatic rings. The summed E-state index contributed by atoms with van der Waals surface area (Å²) in [5.74, 6) is 0. The topological polar surface area (TPSA) is 0 Å². The Morgan fingerprint density at radius 1 is 0.553 bits per heavy atom. The van der Waals surface area contributed by atoms with Crippen molar-refractivity contribution in [3.8, 4) is 0 Å². The summed E-state index contributed by atoms with van der Waals surface area (Å²) in [6, 6.07) is 33.2. The third-order valence-corrected chi connectivity index (χ3v) is 8.87. The van der Waals surface area contributed by atoms with Crippen LogP contribution in [0.5, 0.6) is 0 Å². The van der Waals surface area contributed by atoms with Crippen molar-refractivity contribution in [2.75, 3.05) is 0 Å². The first kappa shape index (κ1) is 26.5. The van der Waals surface area contributed by atoms with E-state index in [1.54, 1.807) is 16.7 Å². The molecule has 0 nitrogen and oxygen atoms in total. The lowest BCUT2D eigenvalue weighted by atomic mass is 9.62. The molecule has 0 heterocycles. The van der Waals surface area contributed by atoms with E-state index in [0.717, 1.165) is 0 Å². The summed E-state index contributed by atoms with van der Waals surface area (Å²) in [4.78, 5) is 0. The molecule has 0 bridgehead atoms. The Labute approximate surface area is 230 Å². The van der Waals surface area contributed by atoms with E-state index in [2.05, 4.69) is 126 Å². The van der Waals surface area contributed by atoms with Crippen molar-refractivity contribution in [1.29, 1.82) is 0 Å². The lowest BCUT2D eigenvalue weighted by Crippen LogP contribution is -2.34. The Bertz CT molecular complexity index is 1480. The van der Waals surface area contributed by atoms with E-state index in [4.69, 9.17) is 0 Å². The van der Waals surface area contributed by atoms with Crippen LogP contribution in [0.2, 0.25) is 0 Å². The fourth-order valence-corrected chi connectivity index (χ4v) is 6.51. The average Bonchev–Trinajstić information content (AvgIpc) is 2.93. The Hall–Kier alpha value is -3.12. The molecule has 0 unspecified atom stereocenters. The van der Waals surface area contributed by atoms with Crippen LogP contribution in [0.1, 0.15) is 89.8 Å². The number of hydrogen-bond donors (Lipinski definition) is 0. The van der Waals surface area contributed by atoms with Crippen LogP contribution in [0.25, 0.3) is 32.3 Å². The van der Waals surface area contributed by atoms with Gasteiger partial charge in [-0.1, -0.05) is 145 Å². The number of unbranched alkanes of at least 4 members (excludes halogenated alkanes) is 3.